The summed E-state index contributed by atoms with van der Waals surface area (Å²) in [6.45, 7) is 1.06. The van der Waals surface area contributed by atoms with Crippen LogP contribution < -0.4 is 5.32 Å². The Morgan fingerprint density at radius 3 is 2.35 bits per heavy atom. The van der Waals surface area contributed by atoms with Gasteiger partial charge in [-0.25, -0.2) is 4.98 Å². The van der Waals surface area contributed by atoms with E-state index in [1.54, 1.807) is 0 Å². The Balaban J connectivity index is 2.32. The van der Waals surface area contributed by atoms with Gasteiger partial charge in [0, 0.05) is 11.9 Å². The Labute approximate surface area is 127 Å². The molecule has 1 aromatic carbocycles. The predicted molar refractivity (Wildman–Crippen MR) is 72.0 cm³/mol. The molecule has 1 N–H and O–H groups in total. The average molecular weight is 334 g/mol. The number of fused-ring (bicyclic) bond motifs is 1. The molecule has 2 aromatic rings. The van der Waals surface area contributed by atoms with Crippen molar-refractivity contribution >= 4 is 10.9 Å². The van der Waals surface area contributed by atoms with Crippen LogP contribution in [0.1, 0.15) is 29.2 Å². The number of hydrogen-bond acceptors (Lipinski definition) is 2. The number of halogens is 6. The van der Waals surface area contributed by atoms with Crippen LogP contribution in [0.3, 0.4) is 0 Å². The van der Waals surface area contributed by atoms with Gasteiger partial charge < -0.3 is 5.32 Å². The number of aromatic nitrogens is 1. The van der Waals surface area contributed by atoms with E-state index in [1.807, 2.05) is 0 Å². The number of rotatable bonds is 1. The van der Waals surface area contributed by atoms with Gasteiger partial charge in [0.2, 0.25) is 0 Å². The van der Waals surface area contributed by atoms with E-state index in [2.05, 4.69) is 10.3 Å². The molecule has 23 heavy (non-hydrogen) atoms. The highest BCUT2D eigenvalue weighted by molar-refractivity contribution is 5.86. The Morgan fingerprint density at radius 2 is 1.78 bits per heavy atom. The molecule has 1 atom stereocenters. The third-order valence-electron chi connectivity index (χ3n) is 3.97. The van der Waals surface area contributed by atoms with Crippen LogP contribution >= 0.6 is 0 Å². The lowest BCUT2D eigenvalue weighted by molar-refractivity contribution is -0.142. The Kier molecular flexibility index (Phi) is 3.74. The van der Waals surface area contributed by atoms with Gasteiger partial charge in [0.25, 0.3) is 0 Å². The molecular formula is C15H12F6N2. The molecule has 1 aromatic heterocycles. The molecule has 1 saturated heterocycles. The van der Waals surface area contributed by atoms with Crippen LogP contribution in [0, 0.1) is 0 Å². The molecule has 1 aliphatic heterocycles. The highest BCUT2D eigenvalue weighted by Crippen LogP contribution is 2.40. The summed E-state index contributed by atoms with van der Waals surface area (Å²) in [6.07, 6.45) is -8.98. The number of benzene rings is 1. The summed E-state index contributed by atoms with van der Waals surface area (Å²) in [5.41, 5.74) is -2.81. The van der Waals surface area contributed by atoms with Crippen LogP contribution in [0.5, 0.6) is 0 Å². The van der Waals surface area contributed by atoms with Crippen LogP contribution in [-0.4, -0.2) is 18.1 Å². The summed E-state index contributed by atoms with van der Waals surface area (Å²) in [4.78, 5) is 3.28. The van der Waals surface area contributed by atoms with Gasteiger partial charge >= 0.3 is 12.4 Å². The minimum absolute atomic E-state index is 0.126. The van der Waals surface area contributed by atoms with Crippen LogP contribution in [0.4, 0.5) is 26.3 Å². The molecule has 0 radical (unpaired) electrons. The zero-order chi connectivity index (χ0) is 16.8. The normalized spacial score (nSPS) is 19.5. The molecule has 0 bridgehead atoms. The van der Waals surface area contributed by atoms with Crippen LogP contribution in [0.2, 0.25) is 0 Å². The number of nitrogens with zero attached hydrogens (tertiary/aromatic N) is 1. The third kappa shape index (κ3) is 2.99. The van der Waals surface area contributed by atoms with Gasteiger partial charge in [-0.15, -0.1) is 0 Å². The van der Waals surface area contributed by atoms with Crippen molar-refractivity contribution in [2.75, 3.05) is 13.1 Å². The minimum Gasteiger partial charge on any atom is -0.316 e. The molecule has 1 unspecified atom stereocenters. The van der Waals surface area contributed by atoms with Crippen LogP contribution in [0.15, 0.2) is 24.3 Å². The molecule has 2 heterocycles. The summed E-state index contributed by atoms with van der Waals surface area (Å²) in [6, 6.07) is 4.23. The van der Waals surface area contributed by atoms with Crippen molar-refractivity contribution in [2.24, 2.45) is 0 Å². The van der Waals surface area contributed by atoms with Gasteiger partial charge in [-0.3, -0.25) is 0 Å². The van der Waals surface area contributed by atoms with E-state index in [9.17, 15) is 26.3 Å². The summed E-state index contributed by atoms with van der Waals surface area (Å²) >= 11 is 0. The second-order valence-corrected chi connectivity index (χ2v) is 5.48. The number of nitrogens with one attached hydrogen (secondary N) is 1. The first-order valence-corrected chi connectivity index (χ1v) is 6.96. The summed E-state index contributed by atoms with van der Waals surface area (Å²) in [7, 11) is 0. The summed E-state index contributed by atoms with van der Waals surface area (Å²) in [5, 5.41) is 3.14. The number of hydrogen-bond donors (Lipinski definition) is 1. The molecular weight excluding hydrogens is 322 g/mol. The van der Waals surface area contributed by atoms with E-state index in [4.69, 9.17) is 0 Å². The SMILES string of the molecule is FC(F)(F)c1cc(C2CCNC2)c2cccc(C(F)(F)F)c2n1. The van der Waals surface area contributed by atoms with Gasteiger partial charge in [-0.1, -0.05) is 12.1 Å². The van der Waals surface area contributed by atoms with Crippen molar-refractivity contribution in [2.45, 2.75) is 24.7 Å². The Bertz CT molecular complexity index is 729. The van der Waals surface area contributed by atoms with Gasteiger partial charge in [0.1, 0.15) is 5.69 Å². The summed E-state index contributed by atoms with van der Waals surface area (Å²) in [5.74, 6) is -0.259. The van der Waals surface area contributed by atoms with Crippen molar-refractivity contribution in [3.8, 4) is 0 Å². The quantitative estimate of drug-likeness (QED) is 0.785. The first-order valence-electron chi connectivity index (χ1n) is 6.96. The zero-order valence-corrected chi connectivity index (χ0v) is 11.7. The third-order valence-corrected chi connectivity index (χ3v) is 3.97. The van der Waals surface area contributed by atoms with E-state index in [-0.39, 0.29) is 16.9 Å². The maximum Gasteiger partial charge on any atom is 0.433 e. The highest BCUT2D eigenvalue weighted by atomic mass is 19.4. The predicted octanol–water partition coefficient (Wildman–Crippen LogP) is 4.35. The lowest BCUT2D eigenvalue weighted by atomic mass is 9.92. The first-order chi connectivity index (χ1) is 10.7. The number of para-hydroxylation sites is 1. The van der Waals surface area contributed by atoms with Gasteiger partial charge in [0.15, 0.2) is 0 Å². The molecule has 0 aliphatic carbocycles. The molecule has 2 nitrogen and oxygen atoms in total. The molecule has 0 amide bonds. The summed E-state index contributed by atoms with van der Waals surface area (Å²) < 4.78 is 78.5. The van der Waals surface area contributed by atoms with Gasteiger partial charge in [-0.2, -0.15) is 26.3 Å². The number of alkyl halides is 6. The Hall–Kier alpha value is -1.83. The second kappa shape index (κ2) is 5.36. The smallest absolute Gasteiger partial charge is 0.316 e. The Morgan fingerprint density at radius 1 is 1.04 bits per heavy atom. The second-order valence-electron chi connectivity index (χ2n) is 5.48. The monoisotopic (exact) mass is 334 g/mol. The fraction of sp³-hybridized carbons (Fsp3) is 0.400. The van der Waals surface area contributed by atoms with E-state index in [1.165, 1.54) is 12.1 Å². The number of pyridine rings is 1. The largest absolute Gasteiger partial charge is 0.433 e. The standard InChI is InChI=1S/C15H12F6N2/c16-14(17,18)11-3-1-2-9-10(8-4-5-22-7-8)6-12(15(19,20)21)23-13(9)11/h1-3,6,8,22H,4-5,7H2. The average Bonchev–Trinajstić information content (AvgIpc) is 2.97. The van der Waals surface area contributed by atoms with Crippen molar-refractivity contribution in [3.05, 3.63) is 41.1 Å². The van der Waals surface area contributed by atoms with Gasteiger partial charge in [-0.05, 0) is 36.6 Å². The zero-order valence-electron chi connectivity index (χ0n) is 11.7. The van der Waals surface area contributed by atoms with Crippen molar-refractivity contribution < 1.29 is 26.3 Å². The van der Waals surface area contributed by atoms with E-state index >= 15 is 0 Å². The maximum absolute atomic E-state index is 13.1. The molecule has 124 valence electrons. The van der Waals surface area contributed by atoms with E-state index in [0.29, 0.717) is 19.5 Å². The van der Waals surface area contributed by atoms with Crippen LogP contribution in [-0.2, 0) is 12.4 Å². The topological polar surface area (TPSA) is 24.9 Å². The molecule has 1 fully saturated rings. The maximum atomic E-state index is 13.1. The van der Waals surface area contributed by atoms with Gasteiger partial charge in [0.05, 0.1) is 11.1 Å². The fourth-order valence-corrected chi connectivity index (χ4v) is 2.91. The first kappa shape index (κ1) is 16.0. The minimum atomic E-state index is -4.80. The molecule has 8 heteroatoms. The fourth-order valence-electron chi connectivity index (χ4n) is 2.91. The van der Waals surface area contributed by atoms with E-state index in [0.717, 1.165) is 12.1 Å². The molecule has 1 aliphatic rings. The van der Waals surface area contributed by atoms with Crippen molar-refractivity contribution in [1.82, 2.24) is 10.3 Å². The lowest BCUT2D eigenvalue weighted by Crippen LogP contribution is -2.14. The highest BCUT2D eigenvalue weighted by Gasteiger charge is 2.38. The lowest BCUT2D eigenvalue weighted by Gasteiger charge is -2.18. The van der Waals surface area contributed by atoms with Crippen molar-refractivity contribution in [1.29, 1.82) is 0 Å². The molecule has 0 spiro atoms. The molecule has 0 saturated carbocycles. The van der Waals surface area contributed by atoms with E-state index < -0.39 is 29.1 Å². The van der Waals surface area contributed by atoms with Crippen molar-refractivity contribution in [3.63, 3.8) is 0 Å². The molecule has 3 rings (SSSR count). The van der Waals surface area contributed by atoms with Crippen LogP contribution in [0.25, 0.3) is 10.9 Å².